The van der Waals surface area contributed by atoms with Crippen molar-refractivity contribution in [2.75, 3.05) is 26.3 Å². The molecule has 4 rings (SSSR count). The Bertz CT molecular complexity index is 1060. The minimum absolute atomic E-state index is 0.0543. The summed E-state index contributed by atoms with van der Waals surface area (Å²) in [4.78, 5) is 15.3. The van der Waals surface area contributed by atoms with E-state index in [9.17, 15) is 9.18 Å². The van der Waals surface area contributed by atoms with Gasteiger partial charge in [0.25, 0.3) is 5.91 Å². The second-order valence-electron chi connectivity index (χ2n) is 7.45. The Labute approximate surface area is 184 Å². The van der Waals surface area contributed by atoms with Gasteiger partial charge in [0.05, 0.1) is 23.8 Å². The van der Waals surface area contributed by atoms with Crippen LogP contribution in [0.1, 0.15) is 27.2 Å². The van der Waals surface area contributed by atoms with Gasteiger partial charge in [0.15, 0.2) is 0 Å². The van der Waals surface area contributed by atoms with Gasteiger partial charge in [-0.3, -0.25) is 9.69 Å². The van der Waals surface area contributed by atoms with Crippen molar-refractivity contribution in [2.45, 2.75) is 20.0 Å². The van der Waals surface area contributed by atoms with Crippen LogP contribution < -0.4 is 5.32 Å². The summed E-state index contributed by atoms with van der Waals surface area (Å²) in [7, 11) is 0. The topological polar surface area (TPSA) is 67.6 Å². The Hall–Kier alpha value is -2.74. The van der Waals surface area contributed by atoms with Crippen LogP contribution in [0.2, 0.25) is 5.02 Å². The molecule has 1 aromatic heterocycles. The summed E-state index contributed by atoms with van der Waals surface area (Å²) in [6.45, 7) is 6.11. The SMILES string of the molecule is Cc1onc(-c2c(F)cccc2Cl)c1C(=O)NCc1cccc(CN2CCOCC2)c1. The fourth-order valence-corrected chi connectivity index (χ4v) is 3.91. The van der Waals surface area contributed by atoms with Crippen LogP contribution in [-0.4, -0.2) is 42.3 Å². The van der Waals surface area contributed by atoms with Crippen molar-refractivity contribution in [3.05, 3.63) is 75.8 Å². The lowest BCUT2D eigenvalue weighted by Gasteiger charge is -2.26. The van der Waals surface area contributed by atoms with Crippen molar-refractivity contribution in [3.63, 3.8) is 0 Å². The van der Waals surface area contributed by atoms with E-state index in [1.165, 1.54) is 17.7 Å². The van der Waals surface area contributed by atoms with Gasteiger partial charge in [-0.15, -0.1) is 0 Å². The number of benzene rings is 2. The Balaban J connectivity index is 1.48. The molecule has 162 valence electrons. The third kappa shape index (κ3) is 4.95. The van der Waals surface area contributed by atoms with Crippen LogP contribution in [-0.2, 0) is 17.8 Å². The third-order valence-electron chi connectivity index (χ3n) is 5.24. The molecule has 0 unspecified atom stereocenters. The molecule has 1 fully saturated rings. The van der Waals surface area contributed by atoms with E-state index in [4.69, 9.17) is 20.9 Å². The lowest BCUT2D eigenvalue weighted by atomic mass is 10.0. The van der Waals surface area contributed by atoms with Crippen LogP contribution >= 0.6 is 11.6 Å². The molecule has 0 saturated carbocycles. The summed E-state index contributed by atoms with van der Waals surface area (Å²) >= 11 is 6.16. The predicted molar refractivity (Wildman–Crippen MR) is 115 cm³/mol. The number of carbonyl (C=O) groups is 1. The van der Waals surface area contributed by atoms with Gasteiger partial charge in [-0.2, -0.15) is 0 Å². The van der Waals surface area contributed by atoms with E-state index in [1.807, 2.05) is 12.1 Å². The van der Waals surface area contributed by atoms with Gasteiger partial charge in [-0.05, 0) is 30.2 Å². The monoisotopic (exact) mass is 443 g/mol. The van der Waals surface area contributed by atoms with E-state index in [-0.39, 0.29) is 21.8 Å². The molecular weight excluding hydrogens is 421 g/mol. The fraction of sp³-hybridized carbons (Fsp3) is 0.304. The molecule has 1 saturated heterocycles. The lowest BCUT2D eigenvalue weighted by molar-refractivity contribution is 0.0342. The van der Waals surface area contributed by atoms with Gasteiger partial charge in [0, 0.05) is 26.2 Å². The lowest BCUT2D eigenvalue weighted by Crippen LogP contribution is -2.35. The number of hydrogen-bond acceptors (Lipinski definition) is 5. The maximum absolute atomic E-state index is 14.4. The fourth-order valence-electron chi connectivity index (χ4n) is 3.66. The number of amides is 1. The van der Waals surface area contributed by atoms with Gasteiger partial charge < -0.3 is 14.6 Å². The number of aromatic nitrogens is 1. The Morgan fingerprint density at radius 1 is 1.19 bits per heavy atom. The average molecular weight is 444 g/mol. The molecule has 1 aliphatic heterocycles. The number of ether oxygens (including phenoxy) is 1. The van der Waals surface area contributed by atoms with E-state index >= 15 is 0 Å². The summed E-state index contributed by atoms with van der Waals surface area (Å²) in [5.41, 5.74) is 2.47. The second kappa shape index (κ2) is 9.60. The average Bonchev–Trinajstić information content (AvgIpc) is 3.14. The van der Waals surface area contributed by atoms with Crippen LogP contribution in [0, 0.1) is 12.7 Å². The quantitative estimate of drug-likeness (QED) is 0.618. The molecule has 8 heteroatoms. The van der Waals surface area contributed by atoms with Crippen LogP contribution in [0.4, 0.5) is 4.39 Å². The molecule has 0 spiro atoms. The van der Waals surface area contributed by atoms with E-state index in [2.05, 4.69) is 27.5 Å². The van der Waals surface area contributed by atoms with E-state index in [1.54, 1.807) is 13.0 Å². The number of morpholine rings is 1. The second-order valence-corrected chi connectivity index (χ2v) is 7.86. The Morgan fingerprint density at radius 3 is 2.71 bits per heavy atom. The molecule has 1 amide bonds. The molecule has 0 atom stereocenters. The zero-order chi connectivity index (χ0) is 21.8. The summed E-state index contributed by atoms with van der Waals surface area (Å²) < 4.78 is 24.9. The predicted octanol–water partition coefficient (Wildman–Crippen LogP) is 4.20. The number of rotatable bonds is 6. The third-order valence-corrected chi connectivity index (χ3v) is 5.56. The molecule has 0 bridgehead atoms. The molecule has 0 aliphatic carbocycles. The van der Waals surface area contributed by atoms with Crippen LogP contribution in [0.15, 0.2) is 47.0 Å². The first kappa shape index (κ1) is 21.5. The summed E-state index contributed by atoms with van der Waals surface area (Å²) in [5, 5.41) is 6.94. The standard InChI is InChI=1S/C23H23ClFN3O3/c1-15-20(22(27-31-15)21-18(24)6-3-7-19(21)25)23(29)26-13-16-4-2-5-17(12-16)14-28-8-10-30-11-9-28/h2-7,12H,8-11,13-14H2,1H3,(H,26,29). The molecule has 0 radical (unpaired) electrons. The minimum atomic E-state index is -0.564. The Kier molecular flexibility index (Phi) is 6.65. The van der Waals surface area contributed by atoms with Gasteiger partial charge in [0.1, 0.15) is 22.8 Å². The molecule has 31 heavy (non-hydrogen) atoms. The zero-order valence-corrected chi connectivity index (χ0v) is 17.9. The number of nitrogens with one attached hydrogen (secondary N) is 1. The van der Waals surface area contributed by atoms with Crippen LogP contribution in [0.3, 0.4) is 0 Å². The Morgan fingerprint density at radius 2 is 1.94 bits per heavy atom. The van der Waals surface area contributed by atoms with Crippen molar-refractivity contribution in [2.24, 2.45) is 0 Å². The number of halogens is 2. The highest BCUT2D eigenvalue weighted by Crippen LogP contribution is 2.33. The number of carbonyl (C=O) groups excluding carboxylic acids is 1. The molecular formula is C23H23ClFN3O3. The normalized spacial score (nSPS) is 14.5. The molecule has 2 heterocycles. The molecule has 1 N–H and O–H groups in total. The number of nitrogens with zero attached hydrogens (tertiary/aromatic N) is 2. The largest absolute Gasteiger partial charge is 0.379 e. The summed E-state index contributed by atoms with van der Waals surface area (Å²) in [6, 6.07) is 12.4. The molecule has 6 nitrogen and oxygen atoms in total. The highest BCUT2D eigenvalue weighted by Gasteiger charge is 2.25. The first-order valence-corrected chi connectivity index (χ1v) is 10.5. The maximum atomic E-state index is 14.4. The van der Waals surface area contributed by atoms with Crippen LogP contribution in [0.25, 0.3) is 11.3 Å². The first-order chi connectivity index (χ1) is 15.0. The maximum Gasteiger partial charge on any atom is 0.257 e. The number of aryl methyl sites for hydroxylation is 1. The highest BCUT2D eigenvalue weighted by molar-refractivity contribution is 6.33. The number of hydrogen-bond donors (Lipinski definition) is 1. The molecule has 3 aromatic rings. The highest BCUT2D eigenvalue weighted by atomic mass is 35.5. The molecule has 1 aliphatic rings. The van der Waals surface area contributed by atoms with Crippen molar-refractivity contribution in [1.29, 1.82) is 0 Å². The van der Waals surface area contributed by atoms with Crippen LogP contribution in [0.5, 0.6) is 0 Å². The van der Waals surface area contributed by atoms with Crippen molar-refractivity contribution < 1.29 is 18.4 Å². The first-order valence-electron chi connectivity index (χ1n) is 10.1. The van der Waals surface area contributed by atoms with Crippen molar-refractivity contribution >= 4 is 17.5 Å². The minimum Gasteiger partial charge on any atom is -0.379 e. The van der Waals surface area contributed by atoms with Crippen molar-refractivity contribution in [1.82, 2.24) is 15.4 Å². The van der Waals surface area contributed by atoms with Gasteiger partial charge in [0.2, 0.25) is 0 Å². The van der Waals surface area contributed by atoms with Gasteiger partial charge in [-0.25, -0.2) is 4.39 Å². The van der Waals surface area contributed by atoms with Gasteiger partial charge >= 0.3 is 0 Å². The molecule has 2 aromatic carbocycles. The summed E-state index contributed by atoms with van der Waals surface area (Å²) in [5.74, 6) is -0.662. The van der Waals surface area contributed by atoms with Gasteiger partial charge in [-0.1, -0.05) is 47.1 Å². The van der Waals surface area contributed by atoms with E-state index in [0.717, 1.165) is 38.4 Å². The van der Waals surface area contributed by atoms with E-state index < -0.39 is 11.7 Å². The smallest absolute Gasteiger partial charge is 0.257 e. The zero-order valence-electron chi connectivity index (χ0n) is 17.2. The van der Waals surface area contributed by atoms with Crippen molar-refractivity contribution in [3.8, 4) is 11.3 Å². The van der Waals surface area contributed by atoms with E-state index in [0.29, 0.717) is 12.3 Å². The summed E-state index contributed by atoms with van der Waals surface area (Å²) in [6.07, 6.45) is 0.